The molecule has 2 N–H and O–H groups in total. The maximum Gasteiger partial charge on any atom is 0.140 e. The number of halogens is 1. The summed E-state index contributed by atoms with van der Waals surface area (Å²) in [5, 5.41) is 3.34. The van der Waals surface area contributed by atoms with Crippen molar-refractivity contribution in [1.29, 1.82) is 0 Å². The van der Waals surface area contributed by atoms with E-state index in [9.17, 15) is 0 Å². The van der Waals surface area contributed by atoms with Gasteiger partial charge >= 0.3 is 0 Å². The summed E-state index contributed by atoms with van der Waals surface area (Å²) in [4.78, 5) is 8.80. The average Bonchev–Trinajstić information content (AvgIpc) is 2.76. The molecule has 0 saturated carbocycles. The molecular weight excluding hydrogens is 260 g/mol. The lowest BCUT2D eigenvalue weighted by Crippen LogP contribution is -2.00. The summed E-state index contributed by atoms with van der Waals surface area (Å²) in [5.41, 5.74) is 0.801. The first-order chi connectivity index (χ1) is 8.29. The Morgan fingerprint density at radius 2 is 2.12 bits per heavy atom. The minimum atomic E-state index is 0.308. The standard InChI is InChI=1S/C11H11ClN2O2S/c12-9-3-1-2-4-10(9)15-6-11-14-8(5-16-13)7-17-11/h1-4,7H,5-6,13H2. The number of aromatic nitrogens is 1. The third-order valence-corrected chi connectivity index (χ3v) is 3.20. The molecule has 0 atom stereocenters. The van der Waals surface area contributed by atoms with Crippen LogP contribution in [0.15, 0.2) is 29.6 Å². The summed E-state index contributed by atoms with van der Waals surface area (Å²) in [6.45, 7) is 0.696. The molecule has 2 aromatic rings. The van der Waals surface area contributed by atoms with Crippen molar-refractivity contribution in [2.45, 2.75) is 13.2 Å². The first kappa shape index (κ1) is 12.3. The molecule has 17 heavy (non-hydrogen) atoms. The first-order valence-corrected chi connectivity index (χ1v) is 6.17. The zero-order chi connectivity index (χ0) is 12.1. The molecule has 0 amide bonds. The quantitative estimate of drug-likeness (QED) is 0.849. The maximum absolute atomic E-state index is 5.97. The smallest absolute Gasteiger partial charge is 0.140 e. The van der Waals surface area contributed by atoms with E-state index in [1.54, 1.807) is 6.07 Å². The van der Waals surface area contributed by atoms with Crippen molar-refractivity contribution >= 4 is 22.9 Å². The van der Waals surface area contributed by atoms with Gasteiger partial charge in [-0.25, -0.2) is 10.9 Å². The van der Waals surface area contributed by atoms with E-state index >= 15 is 0 Å². The third-order valence-electron chi connectivity index (χ3n) is 2.02. The molecule has 1 aromatic carbocycles. The van der Waals surface area contributed by atoms with Gasteiger partial charge in [-0.1, -0.05) is 23.7 Å². The van der Waals surface area contributed by atoms with Gasteiger partial charge in [-0.2, -0.15) is 0 Å². The molecular formula is C11H11ClN2O2S. The van der Waals surface area contributed by atoms with E-state index in [0.29, 0.717) is 24.0 Å². The molecule has 1 aromatic heterocycles. The Bertz CT molecular complexity index is 490. The minimum absolute atomic E-state index is 0.308. The van der Waals surface area contributed by atoms with E-state index in [-0.39, 0.29) is 0 Å². The fourth-order valence-electron chi connectivity index (χ4n) is 1.27. The van der Waals surface area contributed by atoms with Crippen LogP contribution < -0.4 is 10.6 Å². The van der Waals surface area contributed by atoms with Crippen molar-refractivity contribution < 1.29 is 9.57 Å². The van der Waals surface area contributed by atoms with Gasteiger partial charge in [-0.05, 0) is 12.1 Å². The van der Waals surface area contributed by atoms with Gasteiger partial charge < -0.3 is 4.74 Å². The van der Waals surface area contributed by atoms with E-state index in [2.05, 4.69) is 9.82 Å². The molecule has 0 aliphatic rings. The number of benzene rings is 1. The average molecular weight is 271 g/mol. The summed E-state index contributed by atoms with van der Waals surface area (Å²) in [7, 11) is 0. The molecule has 1 heterocycles. The van der Waals surface area contributed by atoms with Gasteiger partial charge in [0.2, 0.25) is 0 Å². The Kier molecular flexibility index (Phi) is 4.33. The number of hydrogen-bond donors (Lipinski definition) is 1. The zero-order valence-electron chi connectivity index (χ0n) is 8.93. The highest BCUT2D eigenvalue weighted by Crippen LogP contribution is 2.24. The van der Waals surface area contributed by atoms with E-state index in [1.165, 1.54) is 11.3 Å². The molecule has 0 aliphatic heterocycles. The topological polar surface area (TPSA) is 57.4 Å². The number of ether oxygens (including phenoxy) is 1. The Balaban J connectivity index is 1.95. The predicted octanol–water partition coefficient (Wildman–Crippen LogP) is 2.77. The number of hydrogen-bond acceptors (Lipinski definition) is 5. The maximum atomic E-state index is 5.97. The van der Waals surface area contributed by atoms with Crippen LogP contribution in [0.25, 0.3) is 0 Å². The van der Waals surface area contributed by atoms with Gasteiger partial charge in [0.1, 0.15) is 24.0 Å². The van der Waals surface area contributed by atoms with Crippen molar-refractivity contribution in [2.24, 2.45) is 5.90 Å². The van der Waals surface area contributed by atoms with Crippen molar-refractivity contribution in [3.8, 4) is 5.75 Å². The van der Waals surface area contributed by atoms with Gasteiger partial charge in [0.15, 0.2) is 0 Å². The SMILES string of the molecule is NOCc1csc(COc2ccccc2Cl)n1. The van der Waals surface area contributed by atoms with Crippen LogP contribution in [-0.4, -0.2) is 4.98 Å². The first-order valence-electron chi connectivity index (χ1n) is 4.92. The van der Waals surface area contributed by atoms with Crippen molar-refractivity contribution in [2.75, 3.05) is 0 Å². The highest BCUT2D eigenvalue weighted by atomic mass is 35.5. The molecule has 2 rings (SSSR count). The molecule has 0 saturated heterocycles. The second kappa shape index (κ2) is 5.97. The second-order valence-corrected chi connectivity index (χ2v) is 4.61. The summed E-state index contributed by atoms with van der Waals surface area (Å²) >= 11 is 7.47. The lowest BCUT2D eigenvalue weighted by atomic mass is 10.3. The molecule has 0 bridgehead atoms. The van der Waals surface area contributed by atoms with Gasteiger partial charge in [0, 0.05) is 5.38 Å². The molecule has 6 heteroatoms. The fraction of sp³-hybridized carbons (Fsp3) is 0.182. The lowest BCUT2D eigenvalue weighted by Gasteiger charge is -2.05. The Morgan fingerprint density at radius 3 is 2.88 bits per heavy atom. The highest BCUT2D eigenvalue weighted by molar-refractivity contribution is 7.09. The Hall–Kier alpha value is -1.14. The van der Waals surface area contributed by atoms with Crippen LogP contribution in [0.2, 0.25) is 5.02 Å². The normalized spacial score (nSPS) is 10.5. The summed E-state index contributed by atoms with van der Waals surface area (Å²) < 4.78 is 5.56. The molecule has 0 unspecified atom stereocenters. The Labute approximate surface area is 108 Å². The van der Waals surface area contributed by atoms with E-state index < -0.39 is 0 Å². The molecule has 0 aliphatic carbocycles. The van der Waals surface area contributed by atoms with Crippen LogP contribution in [0.3, 0.4) is 0 Å². The molecule has 0 spiro atoms. The molecule has 4 nitrogen and oxygen atoms in total. The van der Waals surface area contributed by atoms with Crippen LogP contribution in [0.5, 0.6) is 5.75 Å². The number of para-hydroxylation sites is 1. The number of nitrogens with two attached hydrogens (primary N) is 1. The van der Waals surface area contributed by atoms with Crippen molar-refractivity contribution in [3.05, 3.63) is 45.4 Å². The van der Waals surface area contributed by atoms with Gasteiger partial charge in [-0.3, -0.25) is 4.84 Å². The van der Waals surface area contributed by atoms with Crippen LogP contribution in [0.1, 0.15) is 10.7 Å². The van der Waals surface area contributed by atoms with E-state index in [4.69, 9.17) is 22.2 Å². The zero-order valence-corrected chi connectivity index (χ0v) is 10.5. The van der Waals surface area contributed by atoms with Crippen molar-refractivity contribution in [1.82, 2.24) is 4.98 Å². The monoisotopic (exact) mass is 270 g/mol. The number of rotatable bonds is 5. The fourth-order valence-corrected chi connectivity index (χ4v) is 2.15. The lowest BCUT2D eigenvalue weighted by molar-refractivity contribution is 0.121. The molecule has 0 radical (unpaired) electrons. The van der Waals surface area contributed by atoms with E-state index in [1.807, 2.05) is 23.6 Å². The minimum Gasteiger partial charge on any atom is -0.485 e. The van der Waals surface area contributed by atoms with Gasteiger partial charge in [-0.15, -0.1) is 11.3 Å². The molecule has 0 fully saturated rings. The third kappa shape index (κ3) is 3.41. The van der Waals surface area contributed by atoms with Gasteiger partial charge in [0.05, 0.1) is 10.7 Å². The van der Waals surface area contributed by atoms with Crippen molar-refractivity contribution in [3.63, 3.8) is 0 Å². The second-order valence-electron chi connectivity index (χ2n) is 3.26. The van der Waals surface area contributed by atoms with Crippen LogP contribution in [0, 0.1) is 0 Å². The molecule has 90 valence electrons. The summed E-state index contributed by atoms with van der Waals surface area (Å²) in [5.74, 6) is 5.62. The number of thiazole rings is 1. The highest BCUT2D eigenvalue weighted by Gasteiger charge is 2.04. The van der Waals surface area contributed by atoms with Gasteiger partial charge in [0.25, 0.3) is 0 Å². The predicted molar refractivity (Wildman–Crippen MR) is 66.9 cm³/mol. The van der Waals surface area contributed by atoms with Crippen LogP contribution in [0.4, 0.5) is 0 Å². The van der Waals surface area contributed by atoms with Crippen LogP contribution >= 0.6 is 22.9 Å². The van der Waals surface area contributed by atoms with Crippen LogP contribution in [-0.2, 0) is 18.1 Å². The summed E-state index contributed by atoms with van der Waals surface area (Å²) in [6, 6.07) is 7.33. The largest absolute Gasteiger partial charge is 0.485 e. The number of nitrogens with zero attached hydrogens (tertiary/aromatic N) is 1. The Morgan fingerprint density at radius 1 is 1.29 bits per heavy atom. The summed E-state index contributed by atoms with van der Waals surface area (Å²) in [6.07, 6.45) is 0. The van der Waals surface area contributed by atoms with E-state index in [0.717, 1.165) is 10.7 Å².